The summed E-state index contributed by atoms with van der Waals surface area (Å²) in [5, 5.41) is 4.97. The van der Waals surface area contributed by atoms with Crippen molar-refractivity contribution in [3.8, 4) is 11.5 Å². The van der Waals surface area contributed by atoms with Crippen molar-refractivity contribution in [1.82, 2.24) is 0 Å². The molecule has 126 valence electrons. The average molecular weight is 324 g/mol. The molecule has 5 rings (SSSR count). The van der Waals surface area contributed by atoms with E-state index in [0.29, 0.717) is 12.1 Å². The zero-order valence-electron chi connectivity index (χ0n) is 14.3. The summed E-state index contributed by atoms with van der Waals surface area (Å²) < 4.78 is 10.6. The number of rotatable bonds is 4. The van der Waals surface area contributed by atoms with Crippen LogP contribution >= 0.6 is 0 Å². The van der Waals surface area contributed by atoms with Gasteiger partial charge in [0.1, 0.15) is 11.5 Å². The van der Waals surface area contributed by atoms with E-state index in [2.05, 4.69) is 34.3 Å². The lowest BCUT2D eigenvalue weighted by Crippen LogP contribution is -2.62. The maximum absolute atomic E-state index is 5.31. The van der Waals surface area contributed by atoms with Gasteiger partial charge in [0.15, 0.2) is 0 Å². The van der Waals surface area contributed by atoms with Crippen molar-refractivity contribution in [2.24, 2.45) is 0 Å². The van der Waals surface area contributed by atoms with Crippen LogP contribution in [-0.2, 0) is 0 Å². The number of hydrazine groups is 1. The molecule has 0 spiro atoms. The lowest BCUT2D eigenvalue weighted by molar-refractivity contribution is 0.284. The van der Waals surface area contributed by atoms with E-state index >= 15 is 0 Å². The first-order valence-corrected chi connectivity index (χ1v) is 8.66. The van der Waals surface area contributed by atoms with Crippen LogP contribution in [0.15, 0.2) is 48.5 Å². The van der Waals surface area contributed by atoms with Crippen LogP contribution in [0.2, 0.25) is 0 Å². The Balaban J connectivity index is 1.70. The molecule has 3 aliphatic rings. The number of hydrogen-bond donors (Lipinski definition) is 0. The Hall–Kier alpha value is -2.36. The summed E-state index contributed by atoms with van der Waals surface area (Å²) in [7, 11) is 3.42. The molecule has 0 aromatic heterocycles. The van der Waals surface area contributed by atoms with E-state index in [4.69, 9.17) is 9.47 Å². The monoisotopic (exact) mass is 324 g/mol. The van der Waals surface area contributed by atoms with E-state index in [1.54, 1.807) is 14.2 Å². The average Bonchev–Trinajstić information content (AvgIpc) is 2.68. The number of ether oxygens (including phenoxy) is 2. The molecule has 24 heavy (non-hydrogen) atoms. The van der Waals surface area contributed by atoms with Crippen molar-refractivity contribution in [3.05, 3.63) is 48.5 Å². The minimum atomic E-state index is 0.575. The summed E-state index contributed by atoms with van der Waals surface area (Å²) >= 11 is 0. The first-order chi connectivity index (χ1) is 11.8. The van der Waals surface area contributed by atoms with Gasteiger partial charge in [-0.15, -0.1) is 0 Å². The van der Waals surface area contributed by atoms with E-state index in [1.165, 1.54) is 37.1 Å². The molecule has 2 bridgehead atoms. The number of anilines is 2. The Labute approximate surface area is 143 Å². The molecule has 4 heteroatoms. The molecular formula is C20H24N2O2. The van der Waals surface area contributed by atoms with E-state index < -0.39 is 0 Å². The van der Waals surface area contributed by atoms with Crippen LogP contribution in [0.3, 0.4) is 0 Å². The molecule has 4 nitrogen and oxygen atoms in total. The highest BCUT2D eigenvalue weighted by atomic mass is 16.5. The summed E-state index contributed by atoms with van der Waals surface area (Å²) in [5.41, 5.74) is 2.47. The number of nitrogens with zero attached hydrogens (tertiary/aromatic N) is 2. The van der Waals surface area contributed by atoms with Gasteiger partial charge in [0.05, 0.1) is 37.7 Å². The van der Waals surface area contributed by atoms with Crippen molar-refractivity contribution in [3.63, 3.8) is 0 Å². The van der Waals surface area contributed by atoms with Crippen molar-refractivity contribution in [1.29, 1.82) is 0 Å². The zero-order chi connectivity index (χ0) is 16.5. The van der Waals surface area contributed by atoms with Gasteiger partial charge in [-0.25, -0.2) is 0 Å². The highest BCUT2D eigenvalue weighted by Crippen LogP contribution is 2.41. The molecule has 1 saturated carbocycles. The molecule has 0 radical (unpaired) electrons. The van der Waals surface area contributed by atoms with Gasteiger partial charge in [-0.05, 0) is 74.2 Å². The molecular weight excluding hydrogens is 300 g/mol. The van der Waals surface area contributed by atoms with Crippen LogP contribution in [-0.4, -0.2) is 26.3 Å². The maximum Gasteiger partial charge on any atom is 0.119 e. The smallest absolute Gasteiger partial charge is 0.119 e. The molecule has 2 heterocycles. The summed E-state index contributed by atoms with van der Waals surface area (Å²) in [6.07, 6.45) is 5.07. The highest BCUT2D eigenvalue weighted by Gasteiger charge is 2.40. The van der Waals surface area contributed by atoms with E-state index in [-0.39, 0.29) is 0 Å². The van der Waals surface area contributed by atoms with Gasteiger partial charge < -0.3 is 9.47 Å². The van der Waals surface area contributed by atoms with Crippen LogP contribution in [0.1, 0.15) is 25.7 Å². The molecule has 0 unspecified atom stereocenters. The van der Waals surface area contributed by atoms with E-state index in [0.717, 1.165) is 11.5 Å². The molecule has 1 aliphatic carbocycles. The topological polar surface area (TPSA) is 24.9 Å². The molecule has 2 aliphatic heterocycles. The zero-order valence-corrected chi connectivity index (χ0v) is 14.3. The summed E-state index contributed by atoms with van der Waals surface area (Å²) in [6.45, 7) is 0. The Kier molecular flexibility index (Phi) is 3.97. The first-order valence-electron chi connectivity index (χ1n) is 8.66. The lowest BCUT2D eigenvalue weighted by atomic mass is 9.86. The largest absolute Gasteiger partial charge is 0.497 e. The van der Waals surface area contributed by atoms with Gasteiger partial charge >= 0.3 is 0 Å². The Morgan fingerprint density at radius 2 is 0.958 bits per heavy atom. The molecule has 2 aromatic rings. The van der Waals surface area contributed by atoms with E-state index in [9.17, 15) is 0 Å². The first kappa shape index (κ1) is 15.2. The van der Waals surface area contributed by atoms with Gasteiger partial charge in [-0.3, -0.25) is 10.0 Å². The second-order valence-electron chi connectivity index (χ2n) is 6.55. The predicted octanol–water partition coefficient (Wildman–Crippen LogP) is 4.26. The van der Waals surface area contributed by atoms with Crippen LogP contribution < -0.4 is 19.5 Å². The molecule has 0 atom stereocenters. The van der Waals surface area contributed by atoms with Gasteiger partial charge in [-0.1, -0.05) is 0 Å². The minimum absolute atomic E-state index is 0.575. The Morgan fingerprint density at radius 1 is 0.625 bits per heavy atom. The molecule has 3 fully saturated rings. The normalized spacial score (nSPS) is 22.6. The van der Waals surface area contributed by atoms with Crippen molar-refractivity contribution in [2.75, 3.05) is 24.2 Å². The molecule has 0 amide bonds. The fourth-order valence-corrected chi connectivity index (χ4v) is 4.04. The third kappa shape index (κ3) is 2.56. The third-order valence-electron chi connectivity index (χ3n) is 5.26. The minimum Gasteiger partial charge on any atom is -0.497 e. The summed E-state index contributed by atoms with van der Waals surface area (Å²) in [5.74, 6) is 1.80. The number of methoxy groups -OCH3 is 2. The molecule has 2 saturated heterocycles. The maximum atomic E-state index is 5.31. The number of fused-ring (bicyclic) bond motifs is 3. The van der Waals surface area contributed by atoms with Crippen LogP contribution in [0, 0.1) is 0 Å². The molecule has 0 N–H and O–H groups in total. The quantitative estimate of drug-likeness (QED) is 0.839. The Morgan fingerprint density at radius 3 is 1.25 bits per heavy atom. The lowest BCUT2D eigenvalue weighted by Gasteiger charge is -2.55. The molecule has 2 aromatic carbocycles. The summed E-state index contributed by atoms with van der Waals surface area (Å²) in [6, 6.07) is 18.0. The SMILES string of the molecule is COc1ccc(N2C3CCC(CC3)N2c2ccc(OC)cc2)cc1. The fourth-order valence-electron chi connectivity index (χ4n) is 4.04. The predicted molar refractivity (Wildman–Crippen MR) is 97.0 cm³/mol. The van der Waals surface area contributed by atoms with Crippen LogP contribution in [0.25, 0.3) is 0 Å². The van der Waals surface area contributed by atoms with Gasteiger partial charge in [0.25, 0.3) is 0 Å². The third-order valence-corrected chi connectivity index (χ3v) is 5.26. The highest BCUT2D eigenvalue weighted by molar-refractivity contribution is 5.62. The number of benzene rings is 2. The fraction of sp³-hybridized carbons (Fsp3) is 0.400. The standard InChI is InChI=1S/C20H24N2O2/c1-23-19-11-7-17(8-12-19)21-15-3-5-16(6-4-15)22(21)18-9-13-20(24-2)14-10-18/h7-16H,3-6H2,1-2H3. The second-order valence-corrected chi connectivity index (χ2v) is 6.55. The van der Waals surface area contributed by atoms with E-state index in [1.807, 2.05) is 24.3 Å². The van der Waals surface area contributed by atoms with Crippen molar-refractivity contribution in [2.45, 2.75) is 37.8 Å². The van der Waals surface area contributed by atoms with Crippen molar-refractivity contribution < 1.29 is 9.47 Å². The van der Waals surface area contributed by atoms with Crippen LogP contribution in [0.5, 0.6) is 11.5 Å². The van der Waals surface area contributed by atoms with Crippen LogP contribution in [0.4, 0.5) is 11.4 Å². The number of hydrogen-bond acceptors (Lipinski definition) is 4. The Bertz CT molecular complexity index is 614. The van der Waals surface area contributed by atoms with Crippen molar-refractivity contribution >= 4 is 11.4 Å². The summed E-state index contributed by atoms with van der Waals surface area (Å²) in [4.78, 5) is 0. The van der Waals surface area contributed by atoms with Gasteiger partial charge in [0.2, 0.25) is 0 Å². The van der Waals surface area contributed by atoms with Gasteiger partial charge in [-0.2, -0.15) is 0 Å². The second kappa shape index (κ2) is 6.27. The van der Waals surface area contributed by atoms with Gasteiger partial charge in [0, 0.05) is 0 Å².